The second kappa shape index (κ2) is 5.19. The molecule has 2 rings (SSSR count). The summed E-state index contributed by atoms with van der Waals surface area (Å²) in [4.78, 5) is 10.6. The number of carboxylic acid groups (broad SMARTS) is 1. The van der Waals surface area contributed by atoms with E-state index in [2.05, 4.69) is 13.5 Å². The van der Waals surface area contributed by atoms with Gasteiger partial charge in [-0.3, -0.25) is 4.79 Å². The Balaban J connectivity index is 2.34. The molecule has 2 aromatic rings. The van der Waals surface area contributed by atoms with Gasteiger partial charge >= 0.3 is 5.97 Å². The van der Waals surface area contributed by atoms with Gasteiger partial charge in [-0.15, -0.1) is 0 Å². The standard InChI is InChI=1S/C10H11N3O4S2/c1-6(5-9(14)15)13-19(16,17)8-4-2-3-7-10(8)12-18-11-7/h2-4,6,13H,5H2,1H3,(H,14,15). The molecule has 0 saturated heterocycles. The molecule has 102 valence electrons. The lowest BCUT2D eigenvalue weighted by atomic mass is 10.3. The second-order valence-corrected chi connectivity index (χ2v) is 6.22. The van der Waals surface area contributed by atoms with Crippen LogP contribution in [0.15, 0.2) is 23.1 Å². The molecule has 1 heterocycles. The van der Waals surface area contributed by atoms with Crippen molar-refractivity contribution in [1.82, 2.24) is 13.5 Å². The minimum atomic E-state index is -3.81. The molecule has 9 heteroatoms. The zero-order valence-electron chi connectivity index (χ0n) is 9.90. The van der Waals surface area contributed by atoms with Gasteiger partial charge in [0.05, 0.1) is 18.1 Å². The summed E-state index contributed by atoms with van der Waals surface area (Å²) in [6.07, 6.45) is -0.287. The Morgan fingerprint density at radius 1 is 1.47 bits per heavy atom. The lowest BCUT2D eigenvalue weighted by Crippen LogP contribution is -2.34. The minimum absolute atomic E-state index is 0.0102. The molecule has 2 N–H and O–H groups in total. The molecular formula is C10H11N3O4S2. The maximum Gasteiger partial charge on any atom is 0.304 e. The van der Waals surface area contributed by atoms with Crippen molar-refractivity contribution in [2.45, 2.75) is 24.3 Å². The Bertz CT molecular complexity index is 710. The molecule has 0 bridgehead atoms. The molecule has 0 radical (unpaired) electrons. The smallest absolute Gasteiger partial charge is 0.304 e. The van der Waals surface area contributed by atoms with Crippen LogP contribution in [0.5, 0.6) is 0 Å². The average molecular weight is 301 g/mol. The number of rotatable bonds is 5. The van der Waals surface area contributed by atoms with E-state index in [1.54, 1.807) is 12.1 Å². The van der Waals surface area contributed by atoms with Crippen molar-refractivity contribution in [1.29, 1.82) is 0 Å². The molecular weight excluding hydrogens is 290 g/mol. The number of aromatic nitrogens is 2. The van der Waals surface area contributed by atoms with Crippen LogP contribution >= 0.6 is 11.7 Å². The van der Waals surface area contributed by atoms with Crippen LogP contribution in [0.4, 0.5) is 0 Å². The van der Waals surface area contributed by atoms with Gasteiger partial charge in [0.2, 0.25) is 10.0 Å². The first kappa shape index (κ1) is 13.8. The predicted molar refractivity (Wildman–Crippen MR) is 69.5 cm³/mol. The molecule has 1 unspecified atom stereocenters. The third-order valence-corrected chi connectivity index (χ3v) is 4.54. The van der Waals surface area contributed by atoms with E-state index in [4.69, 9.17) is 5.11 Å². The van der Waals surface area contributed by atoms with Crippen LogP contribution in [0.2, 0.25) is 0 Å². The lowest BCUT2D eigenvalue weighted by Gasteiger charge is -2.12. The van der Waals surface area contributed by atoms with E-state index in [0.717, 1.165) is 11.7 Å². The maximum atomic E-state index is 12.2. The molecule has 0 spiro atoms. The van der Waals surface area contributed by atoms with E-state index >= 15 is 0 Å². The van der Waals surface area contributed by atoms with Gasteiger partial charge in [-0.2, -0.15) is 8.75 Å². The minimum Gasteiger partial charge on any atom is -0.481 e. The van der Waals surface area contributed by atoms with Crippen molar-refractivity contribution in [3.63, 3.8) is 0 Å². The highest BCUT2D eigenvalue weighted by atomic mass is 32.2. The monoisotopic (exact) mass is 301 g/mol. The highest BCUT2D eigenvalue weighted by Gasteiger charge is 2.22. The van der Waals surface area contributed by atoms with E-state index in [0.29, 0.717) is 11.0 Å². The maximum absolute atomic E-state index is 12.2. The highest BCUT2D eigenvalue weighted by Crippen LogP contribution is 2.21. The number of carbonyl (C=O) groups is 1. The summed E-state index contributed by atoms with van der Waals surface area (Å²) in [5.74, 6) is -1.07. The van der Waals surface area contributed by atoms with Gasteiger partial charge in [0.25, 0.3) is 0 Å². The Morgan fingerprint density at radius 2 is 2.21 bits per heavy atom. The first-order valence-corrected chi connectivity index (χ1v) is 7.57. The summed E-state index contributed by atoms with van der Waals surface area (Å²) < 4.78 is 34.6. The second-order valence-electron chi connectivity index (χ2n) is 4.01. The molecule has 1 atom stereocenters. The summed E-state index contributed by atoms with van der Waals surface area (Å²) >= 11 is 0.926. The molecule has 0 amide bonds. The Hall–Kier alpha value is -1.58. The topological polar surface area (TPSA) is 109 Å². The Kier molecular flexibility index (Phi) is 3.78. The largest absolute Gasteiger partial charge is 0.481 e. The molecule has 19 heavy (non-hydrogen) atoms. The van der Waals surface area contributed by atoms with Crippen LogP contribution < -0.4 is 4.72 Å². The van der Waals surface area contributed by atoms with Crippen LogP contribution in [-0.2, 0) is 14.8 Å². The molecule has 0 fully saturated rings. The van der Waals surface area contributed by atoms with Gasteiger partial charge in [-0.05, 0) is 19.1 Å². The van der Waals surface area contributed by atoms with Crippen LogP contribution in [0.25, 0.3) is 11.0 Å². The zero-order valence-corrected chi connectivity index (χ0v) is 11.5. The van der Waals surface area contributed by atoms with Crippen molar-refractivity contribution in [2.75, 3.05) is 0 Å². The number of sulfonamides is 1. The first-order chi connectivity index (χ1) is 8.90. The number of carboxylic acids is 1. The van der Waals surface area contributed by atoms with Crippen LogP contribution in [0.3, 0.4) is 0 Å². The normalized spacial score (nSPS) is 13.5. The van der Waals surface area contributed by atoms with Gasteiger partial charge < -0.3 is 5.11 Å². The highest BCUT2D eigenvalue weighted by molar-refractivity contribution is 7.89. The fourth-order valence-corrected chi connectivity index (χ4v) is 3.64. The predicted octanol–water partition coefficient (Wildman–Crippen LogP) is 0.833. The summed E-state index contributed by atoms with van der Waals surface area (Å²) in [5, 5.41) is 8.63. The number of hydrogen-bond acceptors (Lipinski definition) is 6. The van der Waals surface area contributed by atoms with Crippen LogP contribution in [0, 0.1) is 0 Å². The van der Waals surface area contributed by atoms with Crippen LogP contribution in [0.1, 0.15) is 13.3 Å². The van der Waals surface area contributed by atoms with E-state index in [-0.39, 0.29) is 11.3 Å². The molecule has 0 aliphatic heterocycles. The molecule has 7 nitrogen and oxygen atoms in total. The van der Waals surface area contributed by atoms with Gasteiger partial charge in [0.1, 0.15) is 15.9 Å². The summed E-state index contributed by atoms with van der Waals surface area (Å²) in [7, 11) is -3.81. The molecule has 0 saturated carbocycles. The lowest BCUT2D eigenvalue weighted by molar-refractivity contribution is -0.137. The number of hydrogen-bond donors (Lipinski definition) is 2. The number of benzene rings is 1. The van der Waals surface area contributed by atoms with E-state index in [1.165, 1.54) is 13.0 Å². The molecule has 1 aromatic heterocycles. The molecule has 0 aliphatic carbocycles. The van der Waals surface area contributed by atoms with Gasteiger partial charge in [0.15, 0.2) is 0 Å². The van der Waals surface area contributed by atoms with Crippen molar-refractivity contribution >= 4 is 38.8 Å². The third-order valence-electron chi connectivity index (χ3n) is 2.38. The van der Waals surface area contributed by atoms with Crippen molar-refractivity contribution in [2.24, 2.45) is 0 Å². The number of nitrogens with zero attached hydrogens (tertiary/aromatic N) is 2. The quantitative estimate of drug-likeness (QED) is 0.846. The molecule has 0 aliphatic rings. The average Bonchev–Trinajstić information content (AvgIpc) is 2.73. The number of aliphatic carboxylic acids is 1. The van der Waals surface area contributed by atoms with Gasteiger partial charge in [-0.25, -0.2) is 13.1 Å². The SMILES string of the molecule is CC(CC(=O)O)NS(=O)(=O)c1cccc2nsnc12. The molecule has 1 aromatic carbocycles. The van der Waals surface area contributed by atoms with Crippen molar-refractivity contribution in [3.05, 3.63) is 18.2 Å². The number of nitrogens with one attached hydrogen (secondary N) is 1. The summed E-state index contributed by atoms with van der Waals surface area (Å²) in [5.41, 5.74) is 0.793. The van der Waals surface area contributed by atoms with E-state index in [9.17, 15) is 13.2 Å². The third kappa shape index (κ3) is 3.06. The fourth-order valence-electron chi connectivity index (χ4n) is 1.63. The van der Waals surface area contributed by atoms with Crippen molar-refractivity contribution in [3.8, 4) is 0 Å². The van der Waals surface area contributed by atoms with E-state index in [1.807, 2.05) is 0 Å². The summed E-state index contributed by atoms with van der Waals surface area (Å²) in [6.45, 7) is 1.49. The Morgan fingerprint density at radius 3 is 2.89 bits per heavy atom. The van der Waals surface area contributed by atoms with Crippen LogP contribution in [-0.4, -0.2) is 34.3 Å². The summed E-state index contributed by atoms with van der Waals surface area (Å²) in [6, 6.07) is 3.95. The number of fused-ring (bicyclic) bond motifs is 1. The fraction of sp³-hybridized carbons (Fsp3) is 0.300. The zero-order chi connectivity index (χ0) is 14.0. The van der Waals surface area contributed by atoms with Gasteiger partial charge in [-0.1, -0.05) is 6.07 Å². The van der Waals surface area contributed by atoms with Crippen molar-refractivity contribution < 1.29 is 18.3 Å². The van der Waals surface area contributed by atoms with Gasteiger partial charge in [0, 0.05) is 6.04 Å². The Labute approximate surface area is 113 Å². The van der Waals surface area contributed by atoms with E-state index < -0.39 is 22.0 Å². The first-order valence-electron chi connectivity index (χ1n) is 5.35.